The van der Waals surface area contributed by atoms with Crippen molar-refractivity contribution >= 4 is 17.7 Å². The molecule has 4 atom stereocenters. The fourth-order valence-corrected chi connectivity index (χ4v) is 3.31. The summed E-state index contributed by atoms with van der Waals surface area (Å²) in [5, 5.41) is 14.0. The van der Waals surface area contributed by atoms with Gasteiger partial charge in [0.1, 0.15) is 18.5 Å². The lowest BCUT2D eigenvalue weighted by molar-refractivity contribution is -0.178. The van der Waals surface area contributed by atoms with E-state index in [0.717, 1.165) is 13.0 Å². The molecule has 0 aliphatic carbocycles. The number of nitrogens with one attached hydrogen (secondary N) is 2. The summed E-state index contributed by atoms with van der Waals surface area (Å²) in [5.41, 5.74) is 0.739. The Kier molecular flexibility index (Phi) is 10.7. The highest BCUT2D eigenvalue weighted by Gasteiger charge is 2.45. The first-order chi connectivity index (χ1) is 16.9. The van der Waals surface area contributed by atoms with Crippen LogP contribution in [0, 0.1) is 17.7 Å². The SMILES string of the molecule is CCOC(O)[C@H](C)Cc1ccc(F)c(NC(=O)C(NC(=O)OCc2ccccc2)C(C)C(F)(F)F)c1. The van der Waals surface area contributed by atoms with Gasteiger partial charge in [0, 0.05) is 12.5 Å². The van der Waals surface area contributed by atoms with Crippen molar-refractivity contribution in [2.24, 2.45) is 11.8 Å². The maximum atomic E-state index is 14.4. The third-order valence-electron chi connectivity index (χ3n) is 5.46. The van der Waals surface area contributed by atoms with Crippen LogP contribution in [0.2, 0.25) is 0 Å². The molecule has 0 spiro atoms. The van der Waals surface area contributed by atoms with E-state index in [4.69, 9.17) is 9.47 Å². The average molecular weight is 515 g/mol. The standard InChI is InChI=1S/C25H30F4N2O5/c1-4-35-23(33)15(2)12-18-10-11-19(26)20(13-18)30-22(32)21(16(3)25(27,28)29)31-24(34)36-14-17-8-6-5-7-9-17/h5-11,13,15-16,21,23,33H,4,12,14H2,1-3H3,(H,30,32)(H,31,34)/t15-,16?,21?,23?/m1/s1. The monoisotopic (exact) mass is 514 g/mol. The number of benzene rings is 2. The molecule has 0 bridgehead atoms. The van der Waals surface area contributed by atoms with Gasteiger partial charge >= 0.3 is 12.3 Å². The highest BCUT2D eigenvalue weighted by atomic mass is 19.4. The van der Waals surface area contributed by atoms with Crippen LogP contribution in [0.4, 0.5) is 28.0 Å². The summed E-state index contributed by atoms with van der Waals surface area (Å²) < 4.78 is 64.8. The molecule has 0 fully saturated rings. The van der Waals surface area contributed by atoms with E-state index in [2.05, 4.69) is 5.32 Å². The Balaban J connectivity index is 2.15. The van der Waals surface area contributed by atoms with Gasteiger partial charge in [-0.2, -0.15) is 13.2 Å². The number of carbonyl (C=O) groups excluding carboxylic acids is 2. The second kappa shape index (κ2) is 13.2. The average Bonchev–Trinajstić information content (AvgIpc) is 2.83. The Morgan fingerprint density at radius 2 is 1.72 bits per heavy atom. The Bertz CT molecular complexity index is 1000. The minimum Gasteiger partial charge on any atom is -0.445 e. The van der Waals surface area contributed by atoms with Gasteiger partial charge in [0.2, 0.25) is 5.91 Å². The third kappa shape index (κ3) is 8.80. The van der Waals surface area contributed by atoms with Crippen molar-refractivity contribution in [1.82, 2.24) is 5.32 Å². The molecule has 0 aliphatic heterocycles. The molecule has 2 aromatic carbocycles. The number of rotatable bonds is 11. The van der Waals surface area contributed by atoms with E-state index in [9.17, 15) is 32.3 Å². The quantitative estimate of drug-likeness (QED) is 0.296. The third-order valence-corrected chi connectivity index (χ3v) is 5.46. The Morgan fingerprint density at radius 1 is 1.06 bits per heavy atom. The van der Waals surface area contributed by atoms with Crippen LogP contribution in [0.3, 0.4) is 0 Å². The highest BCUT2D eigenvalue weighted by Crippen LogP contribution is 2.29. The Labute approximate surface area is 206 Å². The summed E-state index contributed by atoms with van der Waals surface area (Å²) in [4.78, 5) is 25.0. The van der Waals surface area contributed by atoms with E-state index in [1.54, 1.807) is 44.2 Å². The molecule has 0 aliphatic rings. The van der Waals surface area contributed by atoms with Gasteiger partial charge in [0.15, 0.2) is 6.29 Å². The zero-order valence-electron chi connectivity index (χ0n) is 20.1. The number of aliphatic hydroxyl groups excluding tert-OH is 1. The largest absolute Gasteiger partial charge is 0.445 e. The predicted molar refractivity (Wildman–Crippen MR) is 124 cm³/mol. The first kappa shape index (κ1) is 29.1. The lowest BCUT2D eigenvalue weighted by atomic mass is 9.99. The van der Waals surface area contributed by atoms with E-state index < -0.39 is 42.2 Å². The van der Waals surface area contributed by atoms with E-state index in [1.165, 1.54) is 12.1 Å². The molecule has 7 nitrogen and oxygen atoms in total. The van der Waals surface area contributed by atoms with Crippen molar-refractivity contribution in [1.29, 1.82) is 0 Å². The van der Waals surface area contributed by atoms with Crippen molar-refractivity contribution in [3.63, 3.8) is 0 Å². The van der Waals surface area contributed by atoms with Crippen molar-refractivity contribution < 1.29 is 41.7 Å². The lowest BCUT2D eigenvalue weighted by Gasteiger charge is -2.26. The second-order valence-corrected chi connectivity index (χ2v) is 8.34. The molecular weight excluding hydrogens is 484 g/mol. The van der Waals surface area contributed by atoms with Crippen LogP contribution >= 0.6 is 0 Å². The van der Waals surface area contributed by atoms with Crippen LogP contribution in [0.25, 0.3) is 0 Å². The highest BCUT2D eigenvalue weighted by molar-refractivity contribution is 5.97. The van der Waals surface area contributed by atoms with Crippen molar-refractivity contribution in [3.8, 4) is 0 Å². The van der Waals surface area contributed by atoms with E-state index >= 15 is 0 Å². The molecule has 3 unspecified atom stereocenters. The number of alkyl halides is 3. The topological polar surface area (TPSA) is 96.9 Å². The number of hydrogen-bond acceptors (Lipinski definition) is 5. The number of halogens is 4. The van der Waals surface area contributed by atoms with Crippen molar-refractivity contribution in [2.75, 3.05) is 11.9 Å². The number of carbonyl (C=O) groups is 2. The lowest BCUT2D eigenvalue weighted by Crippen LogP contribution is -2.52. The number of alkyl carbamates (subject to hydrolysis) is 1. The summed E-state index contributed by atoms with van der Waals surface area (Å²) >= 11 is 0. The van der Waals surface area contributed by atoms with E-state index in [-0.39, 0.29) is 31.2 Å². The van der Waals surface area contributed by atoms with Crippen LogP contribution in [0.5, 0.6) is 0 Å². The predicted octanol–water partition coefficient (Wildman–Crippen LogP) is 4.79. The molecule has 2 aromatic rings. The second-order valence-electron chi connectivity index (χ2n) is 8.34. The summed E-state index contributed by atoms with van der Waals surface area (Å²) in [6, 6.07) is 10.1. The Hall–Kier alpha value is -3.18. The smallest absolute Gasteiger partial charge is 0.408 e. The molecule has 0 heterocycles. The molecular formula is C25H30F4N2O5. The van der Waals surface area contributed by atoms with Crippen LogP contribution < -0.4 is 10.6 Å². The number of hydrogen-bond donors (Lipinski definition) is 3. The fourth-order valence-electron chi connectivity index (χ4n) is 3.31. The first-order valence-electron chi connectivity index (χ1n) is 11.3. The molecule has 2 amide bonds. The molecule has 3 N–H and O–H groups in total. The summed E-state index contributed by atoms with van der Waals surface area (Å²) in [7, 11) is 0. The van der Waals surface area contributed by atoms with Gasteiger partial charge < -0.3 is 25.2 Å². The van der Waals surface area contributed by atoms with Gasteiger partial charge in [-0.05, 0) is 36.6 Å². The normalized spacial score (nSPS) is 14.9. The van der Waals surface area contributed by atoms with Gasteiger partial charge in [-0.25, -0.2) is 9.18 Å². The molecule has 0 saturated carbocycles. The van der Waals surface area contributed by atoms with Crippen LogP contribution in [-0.4, -0.2) is 42.2 Å². The van der Waals surface area contributed by atoms with E-state index in [1.807, 2.05) is 5.32 Å². The van der Waals surface area contributed by atoms with Crippen LogP contribution in [0.15, 0.2) is 48.5 Å². The van der Waals surface area contributed by atoms with Crippen LogP contribution in [0.1, 0.15) is 31.9 Å². The molecule has 0 aromatic heterocycles. The maximum Gasteiger partial charge on any atom is 0.408 e. The number of anilines is 1. The van der Waals surface area contributed by atoms with Gasteiger partial charge in [0.25, 0.3) is 0 Å². The molecule has 0 saturated heterocycles. The summed E-state index contributed by atoms with van der Waals surface area (Å²) in [6.07, 6.45) is -6.89. The van der Waals surface area contributed by atoms with Gasteiger partial charge in [0.05, 0.1) is 11.6 Å². The minimum absolute atomic E-state index is 0.218. The maximum absolute atomic E-state index is 14.4. The number of amides is 2. The van der Waals surface area contributed by atoms with Gasteiger partial charge in [-0.15, -0.1) is 0 Å². The number of ether oxygens (including phenoxy) is 2. The molecule has 2 rings (SSSR count). The first-order valence-corrected chi connectivity index (χ1v) is 11.3. The summed E-state index contributed by atoms with van der Waals surface area (Å²) in [6.45, 7) is 4.21. The molecule has 36 heavy (non-hydrogen) atoms. The van der Waals surface area contributed by atoms with Gasteiger partial charge in [-0.3, -0.25) is 4.79 Å². The van der Waals surface area contributed by atoms with Gasteiger partial charge in [-0.1, -0.05) is 50.2 Å². The van der Waals surface area contributed by atoms with E-state index in [0.29, 0.717) is 11.1 Å². The van der Waals surface area contributed by atoms with Crippen LogP contribution in [-0.2, 0) is 27.3 Å². The van der Waals surface area contributed by atoms with Crippen molar-refractivity contribution in [3.05, 3.63) is 65.5 Å². The molecule has 198 valence electrons. The molecule has 11 heteroatoms. The Morgan fingerprint density at radius 3 is 2.33 bits per heavy atom. The molecule has 0 radical (unpaired) electrons. The minimum atomic E-state index is -4.83. The fraction of sp³-hybridized carbons (Fsp3) is 0.440. The number of aliphatic hydroxyl groups is 1. The van der Waals surface area contributed by atoms with Crippen molar-refractivity contribution in [2.45, 2.75) is 52.3 Å². The zero-order valence-corrected chi connectivity index (χ0v) is 20.1. The zero-order chi connectivity index (χ0) is 26.9. The summed E-state index contributed by atoms with van der Waals surface area (Å²) in [5.74, 6) is -4.82.